The summed E-state index contributed by atoms with van der Waals surface area (Å²) in [6.07, 6.45) is 5.36. The Hall–Kier alpha value is -1.20. The van der Waals surface area contributed by atoms with Crippen LogP contribution in [0.25, 0.3) is 10.2 Å². The van der Waals surface area contributed by atoms with Crippen molar-refractivity contribution in [2.24, 2.45) is 0 Å². The number of aromatic nitrogens is 2. The number of anilines is 1. The number of fused-ring (bicyclic) bond motifs is 1. The van der Waals surface area contributed by atoms with Gasteiger partial charge in [0.2, 0.25) is 0 Å². The second-order valence-corrected chi connectivity index (χ2v) is 6.41. The standard InChI is InChI=1S/C15H22N4S/c1-3-16-14-12-8-9-20-15(12)18-13(17-14)10-19(2)11-6-4-5-7-11/h8-9,11H,3-7,10H2,1-2H3,(H,16,17,18). The highest BCUT2D eigenvalue weighted by atomic mass is 32.1. The molecule has 20 heavy (non-hydrogen) atoms. The molecule has 2 heterocycles. The molecule has 0 aromatic carbocycles. The molecule has 4 nitrogen and oxygen atoms in total. The highest BCUT2D eigenvalue weighted by Gasteiger charge is 2.20. The van der Waals surface area contributed by atoms with Crippen LogP contribution < -0.4 is 5.32 Å². The first-order valence-electron chi connectivity index (χ1n) is 7.46. The van der Waals surface area contributed by atoms with Crippen molar-refractivity contribution in [3.8, 4) is 0 Å². The summed E-state index contributed by atoms with van der Waals surface area (Å²) in [5.74, 6) is 1.92. The zero-order valence-electron chi connectivity index (χ0n) is 12.2. The first kappa shape index (κ1) is 13.8. The van der Waals surface area contributed by atoms with Crippen LogP contribution in [0.15, 0.2) is 11.4 Å². The van der Waals surface area contributed by atoms with E-state index in [0.717, 1.165) is 34.9 Å². The molecule has 1 N–H and O–H groups in total. The number of hydrogen-bond donors (Lipinski definition) is 1. The smallest absolute Gasteiger partial charge is 0.146 e. The average molecular weight is 290 g/mol. The largest absolute Gasteiger partial charge is 0.370 e. The topological polar surface area (TPSA) is 41.1 Å². The number of nitrogens with zero attached hydrogens (tertiary/aromatic N) is 3. The van der Waals surface area contributed by atoms with E-state index in [4.69, 9.17) is 9.97 Å². The van der Waals surface area contributed by atoms with Gasteiger partial charge < -0.3 is 5.32 Å². The minimum Gasteiger partial charge on any atom is -0.370 e. The fraction of sp³-hybridized carbons (Fsp3) is 0.600. The summed E-state index contributed by atoms with van der Waals surface area (Å²) < 4.78 is 0. The Balaban J connectivity index is 1.83. The normalized spacial score (nSPS) is 16.4. The van der Waals surface area contributed by atoms with E-state index >= 15 is 0 Å². The summed E-state index contributed by atoms with van der Waals surface area (Å²) in [6, 6.07) is 2.81. The first-order valence-corrected chi connectivity index (χ1v) is 8.34. The molecular weight excluding hydrogens is 268 g/mol. The molecule has 0 spiro atoms. The Bertz CT molecular complexity index is 574. The quantitative estimate of drug-likeness (QED) is 0.915. The van der Waals surface area contributed by atoms with E-state index in [0.29, 0.717) is 6.04 Å². The second kappa shape index (κ2) is 6.06. The molecule has 5 heteroatoms. The number of rotatable bonds is 5. The van der Waals surface area contributed by atoms with Gasteiger partial charge in [-0.3, -0.25) is 4.90 Å². The molecule has 2 aromatic rings. The molecule has 0 radical (unpaired) electrons. The highest BCUT2D eigenvalue weighted by molar-refractivity contribution is 7.16. The van der Waals surface area contributed by atoms with Gasteiger partial charge in [0.15, 0.2) is 0 Å². The van der Waals surface area contributed by atoms with Gasteiger partial charge in [0.05, 0.1) is 11.9 Å². The molecule has 0 unspecified atom stereocenters. The molecule has 0 saturated heterocycles. The van der Waals surface area contributed by atoms with Gasteiger partial charge in [-0.1, -0.05) is 12.8 Å². The van der Waals surface area contributed by atoms with Crippen LogP contribution in [0.5, 0.6) is 0 Å². The van der Waals surface area contributed by atoms with E-state index in [-0.39, 0.29) is 0 Å². The maximum Gasteiger partial charge on any atom is 0.146 e. The summed E-state index contributed by atoms with van der Waals surface area (Å²) >= 11 is 1.69. The lowest BCUT2D eigenvalue weighted by molar-refractivity contribution is 0.232. The van der Waals surface area contributed by atoms with E-state index in [1.165, 1.54) is 25.7 Å². The second-order valence-electron chi connectivity index (χ2n) is 5.51. The maximum atomic E-state index is 4.72. The van der Waals surface area contributed by atoms with Crippen molar-refractivity contribution < 1.29 is 0 Å². The van der Waals surface area contributed by atoms with Crippen molar-refractivity contribution in [3.63, 3.8) is 0 Å². The Labute approximate surface area is 124 Å². The van der Waals surface area contributed by atoms with E-state index in [1.54, 1.807) is 11.3 Å². The van der Waals surface area contributed by atoms with Crippen LogP contribution in [-0.4, -0.2) is 34.5 Å². The molecule has 1 fully saturated rings. The lowest BCUT2D eigenvalue weighted by Gasteiger charge is -2.23. The van der Waals surface area contributed by atoms with Crippen molar-refractivity contribution in [3.05, 3.63) is 17.3 Å². The monoisotopic (exact) mass is 290 g/mol. The average Bonchev–Trinajstić information content (AvgIpc) is 3.10. The third-order valence-corrected chi connectivity index (χ3v) is 4.86. The third kappa shape index (κ3) is 2.79. The van der Waals surface area contributed by atoms with Gasteiger partial charge in [-0.05, 0) is 38.3 Å². The SMILES string of the molecule is CCNc1nc(CN(C)C2CCCC2)nc2sccc12. The molecule has 2 aromatic heterocycles. The molecule has 0 aliphatic heterocycles. The molecule has 0 atom stereocenters. The highest BCUT2D eigenvalue weighted by Crippen LogP contribution is 2.27. The van der Waals surface area contributed by atoms with Crippen molar-refractivity contribution >= 4 is 27.4 Å². The number of nitrogens with one attached hydrogen (secondary N) is 1. The maximum absolute atomic E-state index is 4.72. The van der Waals surface area contributed by atoms with Gasteiger partial charge in [0, 0.05) is 12.6 Å². The van der Waals surface area contributed by atoms with Crippen LogP contribution in [-0.2, 0) is 6.54 Å². The van der Waals surface area contributed by atoms with Crippen molar-refractivity contribution in [1.82, 2.24) is 14.9 Å². The van der Waals surface area contributed by atoms with Gasteiger partial charge >= 0.3 is 0 Å². The predicted octanol–water partition coefficient (Wildman–Crippen LogP) is 3.50. The van der Waals surface area contributed by atoms with Gasteiger partial charge in [-0.15, -0.1) is 11.3 Å². The lowest BCUT2D eigenvalue weighted by atomic mass is 10.2. The molecule has 1 aliphatic carbocycles. The Kier molecular flexibility index (Phi) is 4.17. The van der Waals surface area contributed by atoms with Crippen LogP contribution in [0.1, 0.15) is 38.4 Å². The zero-order valence-corrected chi connectivity index (χ0v) is 13.0. The number of thiophene rings is 1. The summed E-state index contributed by atoms with van der Waals surface area (Å²) in [4.78, 5) is 12.9. The van der Waals surface area contributed by atoms with E-state index in [2.05, 4.69) is 35.6 Å². The molecule has 1 saturated carbocycles. The first-order chi connectivity index (χ1) is 9.78. The summed E-state index contributed by atoms with van der Waals surface area (Å²) in [5.41, 5.74) is 0. The van der Waals surface area contributed by atoms with Gasteiger partial charge in [-0.25, -0.2) is 9.97 Å². The molecule has 0 bridgehead atoms. The van der Waals surface area contributed by atoms with Gasteiger partial charge in [0.25, 0.3) is 0 Å². The molecule has 3 rings (SSSR count). The molecular formula is C15H22N4S. The van der Waals surface area contributed by atoms with Crippen LogP contribution in [0.3, 0.4) is 0 Å². The fourth-order valence-electron chi connectivity index (χ4n) is 2.97. The van der Waals surface area contributed by atoms with Gasteiger partial charge in [-0.2, -0.15) is 0 Å². The van der Waals surface area contributed by atoms with E-state index in [9.17, 15) is 0 Å². The molecule has 108 valence electrons. The van der Waals surface area contributed by atoms with Crippen LogP contribution >= 0.6 is 11.3 Å². The van der Waals surface area contributed by atoms with Gasteiger partial charge in [0.1, 0.15) is 16.5 Å². The summed E-state index contributed by atoms with van der Waals surface area (Å²) in [5, 5.41) is 6.59. The third-order valence-electron chi connectivity index (χ3n) is 4.05. The van der Waals surface area contributed by atoms with E-state index < -0.39 is 0 Å². The van der Waals surface area contributed by atoms with Crippen molar-refractivity contribution in [1.29, 1.82) is 0 Å². The fourth-order valence-corrected chi connectivity index (χ4v) is 3.75. The Morgan fingerprint density at radius 1 is 1.35 bits per heavy atom. The number of hydrogen-bond acceptors (Lipinski definition) is 5. The van der Waals surface area contributed by atoms with Crippen molar-refractivity contribution in [2.75, 3.05) is 18.9 Å². The Morgan fingerprint density at radius 3 is 2.90 bits per heavy atom. The van der Waals surface area contributed by atoms with Crippen LogP contribution in [0.4, 0.5) is 5.82 Å². The summed E-state index contributed by atoms with van der Waals surface area (Å²) in [6.45, 7) is 3.83. The van der Waals surface area contributed by atoms with Crippen LogP contribution in [0, 0.1) is 0 Å². The predicted molar refractivity (Wildman–Crippen MR) is 85.3 cm³/mol. The van der Waals surface area contributed by atoms with E-state index in [1.807, 2.05) is 0 Å². The Morgan fingerprint density at radius 2 is 2.15 bits per heavy atom. The minimum atomic E-state index is 0.709. The lowest BCUT2D eigenvalue weighted by Crippen LogP contribution is -2.29. The summed E-state index contributed by atoms with van der Waals surface area (Å²) in [7, 11) is 2.20. The van der Waals surface area contributed by atoms with Crippen LogP contribution in [0.2, 0.25) is 0 Å². The minimum absolute atomic E-state index is 0.709. The molecule has 1 aliphatic rings. The zero-order chi connectivity index (χ0) is 13.9. The van der Waals surface area contributed by atoms with Crippen molar-refractivity contribution in [2.45, 2.75) is 45.2 Å². The molecule has 0 amide bonds.